The molecular formula is C18H20N4O4. The molecule has 1 aromatic heterocycles. The van der Waals surface area contributed by atoms with Crippen molar-refractivity contribution in [2.45, 2.75) is 24.8 Å². The SMILES string of the molecule is CN1C(=O)C[C@H](C(=O)O)C12CCN(C(=O)c1n[nH]c3ccccc13)CC2. The smallest absolute Gasteiger partial charge is 0.309 e. The van der Waals surface area contributed by atoms with Crippen molar-refractivity contribution >= 4 is 28.7 Å². The van der Waals surface area contributed by atoms with Gasteiger partial charge in [-0.1, -0.05) is 18.2 Å². The maximum Gasteiger partial charge on any atom is 0.309 e. The topological polar surface area (TPSA) is 107 Å². The summed E-state index contributed by atoms with van der Waals surface area (Å²) in [4.78, 5) is 39.9. The number of carbonyl (C=O) groups is 3. The molecule has 136 valence electrons. The normalized spacial score (nSPS) is 22.3. The molecule has 8 heteroatoms. The second kappa shape index (κ2) is 5.82. The number of fused-ring (bicyclic) bond motifs is 1. The number of aromatic nitrogens is 2. The van der Waals surface area contributed by atoms with Gasteiger partial charge < -0.3 is 14.9 Å². The molecule has 0 unspecified atom stereocenters. The molecule has 0 saturated carbocycles. The Morgan fingerprint density at radius 1 is 1.27 bits per heavy atom. The second-order valence-corrected chi connectivity index (χ2v) is 7.06. The number of carbonyl (C=O) groups excluding carboxylic acids is 2. The predicted octanol–water partition coefficient (Wildman–Crippen LogP) is 1.10. The van der Waals surface area contributed by atoms with Crippen LogP contribution in [0, 0.1) is 5.92 Å². The van der Waals surface area contributed by atoms with E-state index in [1.54, 1.807) is 16.8 Å². The predicted molar refractivity (Wildman–Crippen MR) is 92.5 cm³/mol. The van der Waals surface area contributed by atoms with Crippen molar-refractivity contribution in [2.24, 2.45) is 5.92 Å². The number of rotatable bonds is 2. The second-order valence-electron chi connectivity index (χ2n) is 7.06. The Kier molecular flexibility index (Phi) is 3.71. The van der Waals surface area contributed by atoms with Gasteiger partial charge in [-0.05, 0) is 18.9 Å². The van der Waals surface area contributed by atoms with Crippen molar-refractivity contribution < 1.29 is 19.5 Å². The summed E-state index contributed by atoms with van der Waals surface area (Å²) in [5.41, 5.74) is 0.478. The quantitative estimate of drug-likeness (QED) is 0.838. The number of carboxylic acids is 1. The van der Waals surface area contributed by atoms with Gasteiger partial charge in [0.25, 0.3) is 5.91 Å². The summed E-state index contributed by atoms with van der Waals surface area (Å²) in [6.07, 6.45) is 0.949. The molecule has 2 aromatic rings. The number of aromatic amines is 1. The number of aliphatic carboxylic acids is 1. The molecule has 4 rings (SSSR count). The average Bonchev–Trinajstić information content (AvgIpc) is 3.17. The summed E-state index contributed by atoms with van der Waals surface area (Å²) in [6.45, 7) is 0.808. The van der Waals surface area contributed by atoms with Crippen molar-refractivity contribution in [1.82, 2.24) is 20.0 Å². The molecule has 1 aromatic carbocycles. The number of nitrogens with zero attached hydrogens (tertiary/aromatic N) is 3. The molecule has 3 heterocycles. The minimum atomic E-state index is -0.944. The molecule has 0 bridgehead atoms. The molecule has 8 nitrogen and oxygen atoms in total. The van der Waals surface area contributed by atoms with Crippen molar-refractivity contribution in [3.8, 4) is 0 Å². The number of hydrogen-bond acceptors (Lipinski definition) is 4. The summed E-state index contributed by atoms with van der Waals surface area (Å²) in [7, 11) is 1.67. The Morgan fingerprint density at radius 3 is 2.65 bits per heavy atom. The number of likely N-dealkylation sites (tertiary alicyclic amines) is 2. The molecule has 0 aliphatic carbocycles. The molecule has 2 aliphatic rings. The lowest BCUT2D eigenvalue weighted by Gasteiger charge is -2.45. The third-order valence-corrected chi connectivity index (χ3v) is 5.96. The number of nitrogens with one attached hydrogen (secondary N) is 1. The van der Waals surface area contributed by atoms with Crippen molar-refractivity contribution in [1.29, 1.82) is 0 Å². The number of benzene rings is 1. The van der Waals surface area contributed by atoms with Crippen LogP contribution in [0.5, 0.6) is 0 Å². The van der Waals surface area contributed by atoms with Crippen LogP contribution < -0.4 is 0 Å². The minimum Gasteiger partial charge on any atom is -0.481 e. The third kappa shape index (κ3) is 2.28. The van der Waals surface area contributed by atoms with E-state index in [9.17, 15) is 19.5 Å². The van der Waals surface area contributed by atoms with Gasteiger partial charge in [-0.2, -0.15) is 5.10 Å². The van der Waals surface area contributed by atoms with Crippen LogP contribution in [0.1, 0.15) is 29.8 Å². The number of carboxylic acid groups (broad SMARTS) is 1. The van der Waals surface area contributed by atoms with E-state index in [2.05, 4.69) is 10.2 Å². The van der Waals surface area contributed by atoms with E-state index in [4.69, 9.17) is 0 Å². The highest BCUT2D eigenvalue weighted by Gasteiger charge is 2.55. The Hall–Kier alpha value is -2.90. The Labute approximate surface area is 149 Å². The summed E-state index contributed by atoms with van der Waals surface area (Å²) < 4.78 is 0. The van der Waals surface area contributed by atoms with Crippen LogP contribution >= 0.6 is 0 Å². The van der Waals surface area contributed by atoms with Crippen LogP contribution in [-0.4, -0.2) is 68.6 Å². The molecule has 2 amide bonds. The molecule has 2 saturated heterocycles. The molecule has 1 spiro atoms. The molecule has 2 fully saturated rings. The maximum absolute atomic E-state index is 12.9. The van der Waals surface area contributed by atoms with Gasteiger partial charge in [0.2, 0.25) is 5.91 Å². The zero-order valence-electron chi connectivity index (χ0n) is 14.4. The fourth-order valence-electron chi connectivity index (χ4n) is 4.36. The molecule has 26 heavy (non-hydrogen) atoms. The van der Waals surface area contributed by atoms with Gasteiger partial charge in [-0.15, -0.1) is 0 Å². The molecular weight excluding hydrogens is 336 g/mol. The standard InChI is InChI=1S/C18H20N4O4/c1-21-14(23)10-12(17(25)26)18(21)6-8-22(9-7-18)16(24)15-11-4-2-3-5-13(11)19-20-15/h2-5,12H,6-10H2,1H3,(H,19,20)(H,25,26)/t12-/m1/s1. The van der Waals surface area contributed by atoms with Gasteiger partial charge >= 0.3 is 5.97 Å². The number of piperidine rings is 1. The molecule has 1 atom stereocenters. The monoisotopic (exact) mass is 356 g/mol. The molecule has 2 aliphatic heterocycles. The van der Waals surface area contributed by atoms with Crippen LogP contribution in [0.3, 0.4) is 0 Å². The lowest BCUT2D eigenvalue weighted by molar-refractivity contribution is -0.145. The maximum atomic E-state index is 12.9. The van der Waals surface area contributed by atoms with E-state index in [0.717, 1.165) is 10.9 Å². The number of H-pyrrole nitrogens is 1. The van der Waals surface area contributed by atoms with E-state index in [0.29, 0.717) is 31.6 Å². The van der Waals surface area contributed by atoms with Gasteiger partial charge in [0.15, 0.2) is 5.69 Å². The van der Waals surface area contributed by atoms with Gasteiger partial charge in [-0.25, -0.2) is 0 Å². The van der Waals surface area contributed by atoms with E-state index in [1.165, 1.54) is 0 Å². The Bertz CT molecular complexity index is 897. The number of hydrogen-bond donors (Lipinski definition) is 2. The van der Waals surface area contributed by atoms with Crippen LogP contribution in [0.15, 0.2) is 24.3 Å². The first-order valence-electron chi connectivity index (χ1n) is 8.66. The number of para-hydroxylation sites is 1. The zero-order valence-corrected chi connectivity index (χ0v) is 14.4. The largest absolute Gasteiger partial charge is 0.481 e. The van der Waals surface area contributed by atoms with E-state index >= 15 is 0 Å². The first-order valence-corrected chi connectivity index (χ1v) is 8.66. The summed E-state index contributed by atoms with van der Waals surface area (Å²) in [5.74, 6) is -1.98. The zero-order chi connectivity index (χ0) is 18.5. The van der Waals surface area contributed by atoms with Crippen LogP contribution in [0.4, 0.5) is 0 Å². The van der Waals surface area contributed by atoms with Crippen molar-refractivity contribution in [2.75, 3.05) is 20.1 Å². The van der Waals surface area contributed by atoms with Gasteiger partial charge in [0.1, 0.15) is 0 Å². The van der Waals surface area contributed by atoms with Gasteiger partial charge in [-0.3, -0.25) is 19.5 Å². The van der Waals surface area contributed by atoms with Gasteiger partial charge in [0.05, 0.1) is 17.0 Å². The third-order valence-electron chi connectivity index (χ3n) is 5.96. The fraction of sp³-hybridized carbons (Fsp3) is 0.444. The highest BCUT2D eigenvalue weighted by molar-refractivity contribution is 6.04. The van der Waals surface area contributed by atoms with Crippen LogP contribution in [0.2, 0.25) is 0 Å². The van der Waals surface area contributed by atoms with E-state index in [-0.39, 0.29) is 18.2 Å². The van der Waals surface area contributed by atoms with Crippen LogP contribution in [-0.2, 0) is 9.59 Å². The lowest BCUT2D eigenvalue weighted by atomic mass is 9.77. The highest BCUT2D eigenvalue weighted by Crippen LogP contribution is 2.43. The first kappa shape index (κ1) is 16.6. The fourth-order valence-corrected chi connectivity index (χ4v) is 4.36. The highest BCUT2D eigenvalue weighted by atomic mass is 16.4. The summed E-state index contributed by atoms with van der Waals surface area (Å²) in [6, 6.07) is 7.44. The van der Waals surface area contributed by atoms with E-state index in [1.807, 2.05) is 24.3 Å². The molecule has 0 radical (unpaired) electrons. The Morgan fingerprint density at radius 2 is 1.96 bits per heavy atom. The lowest BCUT2D eigenvalue weighted by Crippen LogP contribution is -2.57. The van der Waals surface area contributed by atoms with Crippen molar-refractivity contribution in [3.63, 3.8) is 0 Å². The first-order chi connectivity index (χ1) is 12.4. The van der Waals surface area contributed by atoms with E-state index < -0.39 is 17.4 Å². The van der Waals surface area contributed by atoms with Gasteiger partial charge in [0, 0.05) is 31.9 Å². The van der Waals surface area contributed by atoms with Crippen molar-refractivity contribution in [3.05, 3.63) is 30.0 Å². The van der Waals surface area contributed by atoms with Crippen LogP contribution in [0.25, 0.3) is 10.9 Å². The number of amides is 2. The molecule has 2 N–H and O–H groups in total. The summed E-state index contributed by atoms with van der Waals surface area (Å²) >= 11 is 0. The minimum absolute atomic E-state index is 0.0315. The Balaban J connectivity index is 1.55. The average molecular weight is 356 g/mol. The summed E-state index contributed by atoms with van der Waals surface area (Å²) in [5, 5.41) is 17.3.